The molecule has 1 N–H and O–H groups in total. The lowest BCUT2D eigenvalue weighted by Crippen LogP contribution is -1.82. The highest BCUT2D eigenvalue weighted by atomic mass is 79.9. The fourth-order valence-electron chi connectivity index (χ4n) is 0.493. The molecule has 0 aliphatic heterocycles. The van der Waals surface area contributed by atoms with Crippen molar-refractivity contribution in [3.05, 3.63) is 22.6 Å². The predicted molar refractivity (Wildman–Crippen MR) is 33.8 cm³/mol. The van der Waals surface area contributed by atoms with Crippen molar-refractivity contribution in [2.45, 2.75) is 6.61 Å². The number of halogens is 1. The first-order valence-electron chi connectivity index (χ1n) is 2.33. The third kappa shape index (κ3) is 1.82. The molecule has 0 aliphatic carbocycles. The largest absolute Gasteiger partial charge is 0.452 e. The standard InChI is InChI=1S/C5H5BrO3/c6-5-2-1-4(9-5)3-8-7/h1-2,7H,3H2. The van der Waals surface area contributed by atoms with Crippen molar-refractivity contribution in [1.82, 2.24) is 0 Å². The monoisotopic (exact) mass is 192 g/mol. The second-order valence-corrected chi connectivity index (χ2v) is 2.26. The van der Waals surface area contributed by atoms with Crippen molar-refractivity contribution in [2.75, 3.05) is 0 Å². The molecule has 0 unspecified atom stereocenters. The van der Waals surface area contributed by atoms with E-state index in [1.54, 1.807) is 12.1 Å². The lowest BCUT2D eigenvalue weighted by molar-refractivity contribution is -0.256. The first kappa shape index (κ1) is 6.80. The summed E-state index contributed by atoms with van der Waals surface area (Å²) in [6.45, 7) is 0.0889. The summed E-state index contributed by atoms with van der Waals surface area (Å²) in [5.41, 5.74) is 0. The van der Waals surface area contributed by atoms with E-state index in [-0.39, 0.29) is 6.61 Å². The molecule has 0 bridgehead atoms. The van der Waals surface area contributed by atoms with Crippen LogP contribution in [0.5, 0.6) is 0 Å². The maximum atomic E-state index is 7.95. The van der Waals surface area contributed by atoms with Gasteiger partial charge in [0.2, 0.25) is 0 Å². The Hall–Kier alpha value is -0.320. The maximum absolute atomic E-state index is 7.95. The Morgan fingerprint density at radius 2 is 2.44 bits per heavy atom. The highest BCUT2D eigenvalue weighted by Gasteiger charge is 1.96. The molecule has 0 atom stereocenters. The highest BCUT2D eigenvalue weighted by molar-refractivity contribution is 9.10. The van der Waals surface area contributed by atoms with Crippen molar-refractivity contribution in [1.29, 1.82) is 0 Å². The first-order valence-corrected chi connectivity index (χ1v) is 3.13. The molecule has 9 heavy (non-hydrogen) atoms. The van der Waals surface area contributed by atoms with Gasteiger partial charge in [-0.3, -0.25) is 5.26 Å². The van der Waals surface area contributed by atoms with Crippen LogP contribution >= 0.6 is 15.9 Å². The highest BCUT2D eigenvalue weighted by Crippen LogP contribution is 2.13. The van der Waals surface area contributed by atoms with Crippen LogP contribution in [-0.4, -0.2) is 5.26 Å². The SMILES string of the molecule is OOCc1ccc(Br)o1. The molecule has 0 radical (unpaired) electrons. The quantitative estimate of drug-likeness (QED) is 0.577. The molecular weight excluding hydrogens is 188 g/mol. The van der Waals surface area contributed by atoms with E-state index in [0.29, 0.717) is 10.4 Å². The summed E-state index contributed by atoms with van der Waals surface area (Å²) < 4.78 is 5.59. The van der Waals surface area contributed by atoms with Gasteiger partial charge in [-0.15, -0.1) is 0 Å². The topological polar surface area (TPSA) is 42.6 Å². The number of hydrogen-bond acceptors (Lipinski definition) is 3. The van der Waals surface area contributed by atoms with E-state index < -0.39 is 0 Å². The number of furan rings is 1. The van der Waals surface area contributed by atoms with Crippen LogP contribution in [0.3, 0.4) is 0 Å². The molecule has 0 fully saturated rings. The van der Waals surface area contributed by atoms with Crippen molar-refractivity contribution >= 4 is 15.9 Å². The Balaban J connectivity index is 2.61. The Morgan fingerprint density at radius 3 is 2.89 bits per heavy atom. The van der Waals surface area contributed by atoms with Gasteiger partial charge in [-0.1, -0.05) is 0 Å². The van der Waals surface area contributed by atoms with Gasteiger partial charge in [-0.25, -0.2) is 4.89 Å². The van der Waals surface area contributed by atoms with Crippen LogP contribution in [0.4, 0.5) is 0 Å². The van der Waals surface area contributed by atoms with Gasteiger partial charge in [-0.2, -0.15) is 0 Å². The van der Waals surface area contributed by atoms with Gasteiger partial charge in [-0.05, 0) is 28.1 Å². The van der Waals surface area contributed by atoms with Crippen molar-refractivity contribution < 1.29 is 14.6 Å². The second-order valence-electron chi connectivity index (χ2n) is 1.48. The molecule has 4 heteroatoms. The molecule has 0 aromatic carbocycles. The summed E-state index contributed by atoms with van der Waals surface area (Å²) in [6.07, 6.45) is 0. The lowest BCUT2D eigenvalue weighted by Gasteiger charge is -1.87. The molecule has 0 saturated heterocycles. The zero-order valence-electron chi connectivity index (χ0n) is 4.50. The van der Waals surface area contributed by atoms with E-state index in [1.165, 1.54) is 0 Å². The molecular formula is C5H5BrO3. The van der Waals surface area contributed by atoms with E-state index in [9.17, 15) is 0 Å². The Labute approximate surface area is 60.3 Å². The average Bonchev–Trinajstić information content (AvgIpc) is 2.17. The third-order valence-corrected chi connectivity index (χ3v) is 1.26. The van der Waals surface area contributed by atoms with Gasteiger partial charge < -0.3 is 4.42 Å². The fraction of sp³-hybridized carbons (Fsp3) is 0.200. The van der Waals surface area contributed by atoms with Crippen LogP contribution in [0.25, 0.3) is 0 Å². The van der Waals surface area contributed by atoms with Gasteiger partial charge in [0.15, 0.2) is 4.67 Å². The summed E-state index contributed by atoms with van der Waals surface area (Å²) >= 11 is 3.10. The van der Waals surface area contributed by atoms with Crippen molar-refractivity contribution in [2.24, 2.45) is 0 Å². The normalized spacial score (nSPS) is 10.0. The molecule has 1 aromatic rings. The Kier molecular flexibility index (Phi) is 2.27. The molecule has 50 valence electrons. The van der Waals surface area contributed by atoms with Crippen LogP contribution in [0.2, 0.25) is 0 Å². The Bertz CT molecular complexity index is 184. The second kappa shape index (κ2) is 3.00. The summed E-state index contributed by atoms with van der Waals surface area (Å²) in [4.78, 5) is 3.83. The summed E-state index contributed by atoms with van der Waals surface area (Å²) in [7, 11) is 0. The van der Waals surface area contributed by atoms with Gasteiger partial charge >= 0.3 is 0 Å². The van der Waals surface area contributed by atoms with E-state index >= 15 is 0 Å². The molecule has 0 aliphatic rings. The minimum atomic E-state index is 0.0889. The van der Waals surface area contributed by atoms with Crippen LogP contribution in [0, 0.1) is 0 Å². The smallest absolute Gasteiger partial charge is 0.169 e. The number of hydrogen-bond donors (Lipinski definition) is 1. The van der Waals surface area contributed by atoms with Gasteiger partial charge in [0, 0.05) is 0 Å². The summed E-state index contributed by atoms with van der Waals surface area (Å²) in [5.74, 6) is 0.587. The molecule has 1 heterocycles. The zero-order valence-corrected chi connectivity index (χ0v) is 6.09. The number of rotatable bonds is 2. The molecule has 3 nitrogen and oxygen atoms in total. The molecule has 1 rings (SSSR count). The Morgan fingerprint density at radius 1 is 1.67 bits per heavy atom. The molecule has 0 saturated carbocycles. The molecule has 0 amide bonds. The van der Waals surface area contributed by atoms with Crippen LogP contribution in [0.1, 0.15) is 5.76 Å². The van der Waals surface area contributed by atoms with Crippen LogP contribution < -0.4 is 0 Å². The van der Waals surface area contributed by atoms with Crippen LogP contribution in [-0.2, 0) is 11.5 Å². The van der Waals surface area contributed by atoms with E-state index in [2.05, 4.69) is 20.8 Å². The van der Waals surface area contributed by atoms with E-state index in [0.717, 1.165) is 0 Å². The van der Waals surface area contributed by atoms with E-state index in [1.807, 2.05) is 0 Å². The summed E-state index contributed by atoms with van der Waals surface area (Å²) in [6, 6.07) is 3.44. The van der Waals surface area contributed by atoms with E-state index in [4.69, 9.17) is 9.67 Å². The average molecular weight is 193 g/mol. The molecule has 0 spiro atoms. The van der Waals surface area contributed by atoms with Crippen molar-refractivity contribution in [3.8, 4) is 0 Å². The lowest BCUT2D eigenvalue weighted by atomic mass is 10.5. The fourth-order valence-corrected chi connectivity index (χ4v) is 0.833. The molecule has 1 aromatic heterocycles. The summed E-state index contributed by atoms with van der Waals surface area (Å²) in [5, 5.41) is 7.95. The van der Waals surface area contributed by atoms with Gasteiger partial charge in [0.25, 0.3) is 0 Å². The third-order valence-electron chi connectivity index (χ3n) is 0.836. The minimum absolute atomic E-state index is 0.0889. The van der Waals surface area contributed by atoms with Crippen LogP contribution in [0.15, 0.2) is 21.2 Å². The first-order chi connectivity index (χ1) is 4.33. The van der Waals surface area contributed by atoms with Crippen molar-refractivity contribution in [3.63, 3.8) is 0 Å². The zero-order chi connectivity index (χ0) is 6.69. The minimum Gasteiger partial charge on any atom is -0.452 e. The van der Waals surface area contributed by atoms with Gasteiger partial charge in [0.05, 0.1) is 0 Å². The maximum Gasteiger partial charge on any atom is 0.169 e. The predicted octanol–water partition coefficient (Wildman–Crippen LogP) is 2.03. The van der Waals surface area contributed by atoms with Gasteiger partial charge in [0.1, 0.15) is 12.4 Å².